The van der Waals surface area contributed by atoms with Gasteiger partial charge in [0.15, 0.2) is 0 Å². The van der Waals surface area contributed by atoms with E-state index in [0.29, 0.717) is 19.6 Å². The minimum absolute atomic E-state index is 0.182. The van der Waals surface area contributed by atoms with Crippen molar-refractivity contribution >= 4 is 21.7 Å². The van der Waals surface area contributed by atoms with E-state index in [2.05, 4.69) is 34.9 Å². The molecule has 0 amide bonds. The van der Waals surface area contributed by atoms with Crippen molar-refractivity contribution in [1.82, 2.24) is 9.78 Å². The summed E-state index contributed by atoms with van der Waals surface area (Å²) >= 11 is 3.50. The minimum Gasteiger partial charge on any atom is -0.383 e. The molecule has 4 nitrogen and oxygen atoms in total. The average Bonchev–Trinajstić information content (AvgIpc) is 2.55. The summed E-state index contributed by atoms with van der Waals surface area (Å²) in [6.45, 7) is 7.03. The smallest absolute Gasteiger partial charge is 0.130 e. The van der Waals surface area contributed by atoms with Gasteiger partial charge in [0.05, 0.1) is 29.5 Å². The van der Waals surface area contributed by atoms with Gasteiger partial charge in [0.1, 0.15) is 5.78 Å². The van der Waals surface area contributed by atoms with E-state index in [1.807, 2.05) is 4.68 Å². The van der Waals surface area contributed by atoms with Crippen molar-refractivity contribution in [2.24, 2.45) is 0 Å². The molecule has 0 radical (unpaired) electrons. The topological polar surface area (TPSA) is 44.1 Å². The molecule has 0 spiro atoms. The van der Waals surface area contributed by atoms with Gasteiger partial charge in [-0.1, -0.05) is 13.8 Å². The minimum atomic E-state index is -0.227. The van der Waals surface area contributed by atoms with Crippen molar-refractivity contribution in [3.05, 3.63) is 16.4 Å². The predicted molar refractivity (Wildman–Crippen MR) is 70.1 cm³/mol. The molecular weight excluding hydrogens is 284 g/mol. The molecule has 0 saturated carbocycles. The quantitative estimate of drug-likeness (QED) is 0.811. The van der Waals surface area contributed by atoms with E-state index < -0.39 is 0 Å². The highest BCUT2D eigenvalue weighted by Gasteiger charge is 2.29. The fourth-order valence-electron chi connectivity index (χ4n) is 2.09. The van der Waals surface area contributed by atoms with Crippen LogP contribution >= 0.6 is 15.9 Å². The van der Waals surface area contributed by atoms with Crippen LogP contribution in [0.3, 0.4) is 0 Å². The summed E-state index contributed by atoms with van der Waals surface area (Å²) in [5.74, 6) is 0.182. The van der Waals surface area contributed by atoms with Gasteiger partial charge in [0.2, 0.25) is 0 Å². The summed E-state index contributed by atoms with van der Waals surface area (Å²) in [6, 6.07) is 0. The van der Waals surface area contributed by atoms with Crippen LogP contribution in [0, 0.1) is 0 Å². The lowest BCUT2D eigenvalue weighted by Gasteiger charge is -2.25. The molecule has 0 aliphatic carbocycles. The molecule has 0 unspecified atom stereocenters. The van der Waals surface area contributed by atoms with Crippen LogP contribution in [-0.4, -0.2) is 29.3 Å². The first-order valence-electron chi connectivity index (χ1n) is 5.58. The average molecular weight is 303 g/mol. The zero-order chi connectivity index (χ0) is 13.1. The highest BCUT2D eigenvalue weighted by Crippen LogP contribution is 2.33. The van der Waals surface area contributed by atoms with Gasteiger partial charge in [0, 0.05) is 18.9 Å². The monoisotopic (exact) mass is 302 g/mol. The fourth-order valence-corrected chi connectivity index (χ4v) is 2.92. The molecule has 0 aliphatic rings. The van der Waals surface area contributed by atoms with E-state index >= 15 is 0 Å². The second-order valence-electron chi connectivity index (χ2n) is 4.82. The Bertz CT molecular complexity index is 399. The van der Waals surface area contributed by atoms with Crippen LogP contribution in [-0.2, 0) is 21.5 Å². The molecule has 0 saturated heterocycles. The maximum absolute atomic E-state index is 11.3. The summed E-state index contributed by atoms with van der Waals surface area (Å²) in [4.78, 5) is 11.3. The number of halogens is 1. The first kappa shape index (κ1) is 14.4. The first-order chi connectivity index (χ1) is 7.88. The molecule has 1 heterocycles. The van der Waals surface area contributed by atoms with Gasteiger partial charge in [-0.25, -0.2) is 0 Å². The number of carbonyl (C=O) groups is 1. The largest absolute Gasteiger partial charge is 0.383 e. The molecule has 96 valence electrons. The van der Waals surface area contributed by atoms with E-state index in [1.54, 1.807) is 20.2 Å². The Labute approximate surface area is 110 Å². The van der Waals surface area contributed by atoms with Gasteiger partial charge in [0.25, 0.3) is 0 Å². The number of carbonyl (C=O) groups excluding carboxylic acids is 1. The van der Waals surface area contributed by atoms with E-state index in [9.17, 15) is 4.79 Å². The Hall–Kier alpha value is -0.680. The van der Waals surface area contributed by atoms with E-state index in [1.165, 1.54) is 0 Å². The highest BCUT2D eigenvalue weighted by molar-refractivity contribution is 9.10. The fraction of sp³-hybridized carbons (Fsp3) is 0.667. The Balaban J connectivity index is 3.01. The summed E-state index contributed by atoms with van der Waals surface area (Å²) in [5.41, 5.74) is 0.819. The molecule has 1 aromatic heterocycles. The third kappa shape index (κ3) is 3.64. The molecule has 0 bridgehead atoms. The molecule has 17 heavy (non-hydrogen) atoms. The number of hydrogen-bond acceptors (Lipinski definition) is 3. The zero-order valence-corrected chi connectivity index (χ0v) is 12.4. The maximum atomic E-state index is 11.3. The van der Waals surface area contributed by atoms with Crippen LogP contribution in [0.15, 0.2) is 10.7 Å². The molecule has 1 aromatic rings. The lowest BCUT2D eigenvalue weighted by atomic mass is 9.84. The predicted octanol–water partition coefficient (Wildman–Crippen LogP) is 2.55. The third-order valence-electron chi connectivity index (χ3n) is 2.63. The van der Waals surface area contributed by atoms with Crippen LogP contribution < -0.4 is 0 Å². The summed E-state index contributed by atoms with van der Waals surface area (Å²) < 4.78 is 7.90. The van der Waals surface area contributed by atoms with Crippen molar-refractivity contribution in [3.8, 4) is 0 Å². The second-order valence-corrected chi connectivity index (χ2v) is 5.67. The summed E-state index contributed by atoms with van der Waals surface area (Å²) in [6.07, 6.45) is 2.27. The van der Waals surface area contributed by atoms with E-state index in [4.69, 9.17) is 4.74 Å². The van der Waals surface area contributed by atoms with Gasteiger partial charge >= 0.3 is 0 Å². The number of rotatable bonds is 6. The normalized spacial score (nSPS) is 11.8. The van der Waals surface area contributed by atoms with Crippen molar-refractivity contribution in [1.29, 1.82) is 0 Å². The molecule has 0 atom stereocenters. The lowest BCUT2D eigenvalue weighted by molar-refractivity contribution is -0.118. The maximum Gasteiger partial charge on any atom is 0.130 e. The molecular formula is C12H19BrN2O2. The Morgan fingerprint density at radius 2 is 2.24 bits per heavy atom. The number of aromatic nitrogens is 2. The van der Waals surface area contributed by atoms with Gasteiger partial charge < -0.3 is 4.74 Å². The number of methoxy groups -OCH3 is 1. The van der Waals surface area contributed by atoms with Gasteiger partial charge in [-0.3, -0.25) is 9.48 Å². The molecule has 0 aromatic carbocycles. The SMILES string of the molecule is COCCn1ncc(Br)c1C(C)(C)CC(C)=O. The number of hydrogen-bond donors (Lipinski definition) is 0. The molecule has 0 aliphatic heterocycles. The number of ketones is 1. The zero-order valence-electron chi connectivity index (χ0n) is 10.8. The van der Waals surface area contributed by atoms with Gasteiger partial charge in [-0.05, 0) is 22.9 Å². The van der Waals surface area contributed by atoms with Crippen LogP contribution in [0.2, 0.25) is 0 Å². The Kier molecular flexibility index (Phi) is 4.89. The second kappa shape index (κ2) is 5.78. The molecule has 5 heteroatoms. The van der Waals surface area contributed by atoms with Crippen LogP contribution in [0.25, 0.3) is 0 Å². The van der Waals surface area contributed by atoms with Gasteiger partial charge in [-0.15, -0.1) is 0 Å². The van der Waals surface area contributed by atoms with E-state index in [-0.39, 0.29) is 11.2 Å². The number of nitrogens with zero attached hydrogens (tertiary/aromatic N) is 2. The third-order valence-corrected chi connectivity index (χ3v) is 3.21. The number of Topliss-reactive ketones (excluding diaryl/α,β-unsaturated/α-hetero) is 1. The highest BCUT2D eigenvalue weighted by atomic mass is 79.9. The lowest BCUT2D eigenvalue weighted by Crippen LogP contribution is -2.26. The van der Waals surface area contributed by atoms with Crippen LogP contribution in [0.5, 0.6) is 0 Å². The molecule has 0 N–H and O–H groups in total. The van der Waals surface area contributed by atoms with Crippen LogP contribution in [0.4, 0.5) is 0 Å². The standard InChI is InChI=1S/C12H19BrN2O2/c1-9(16)7-12(2,3)11-10(13)8-14-15(11)5-6-17-4/h8H,5-7H2,1-4H3. The molecule has 1 rings (SSSR count). The van der Waals surface area contributed by atoms with Crippen LogP contribution in [0.1, 0.15) is 32.9 Å². The Morgan fingerprint density at radius 3 is 2.76 bits per heavy atom. The van der Waals surface area contributed by atoms with Gasteiger partial charge in [-0.2, -0.15) is 5.10 Å². The van der Waals surface area contributed by atoms with Crippen molar-refractivity contribution < 1.29 is 9.53 Å². The van der Waals surface area contributed by atoms with Crippen molar-refractivity contribution in [3.63, 3.8) is 0 Å². The number of ether oxygens (including phenoxy) is 1. The summed E-state index contributed by atoms with van der Waals surface area (Å²) in [7, 11) is 1.67. The van der Waals surface area contributed by atoms with E-state index in [0.717, 1.165) is 10.2 Å². The van der Waals surface area contributed by atoms with Crippen molar-refractivity contribution in [2.75, 3.05) is 13.7 Å². The Morgan fingerprint density at radius 1 is 1.59 bits per heavy atom. The first-order valence-corrected chi connectivity index (χ1v) is 6.38. The van der Waals surface area contributed by atoms with Crippen molar-refractivity contribution in [2.45, 2.75) is 39.2 Å². The summed E-state index contributed by atoms with van der Waals surface area (Å²) in [5, 5.41) is 4.31. The molecule has 0 fully saturated rings.